The van der Waals surface area contributed by atoms with E-state index >= 15 is 0 Å². The van der Waals surface area contributed by atoms with Crippen molar-refractivity contribution in [1.29, 1.82) is 0 Å². The Morgan fingerprint density at radius 3 is 2.58 bits per heavy atom. The van der Waals surface area contributed by atoms with Crippen LogP contribution in [-0.4, -0.2) is 37.7 Å². The highest BCUT2D eigenvalue weighted by atomic mass is 16.5. The fourth-order valence-electron chi connectivity index (χ4n) is 1.51. The minimum Gasteiger partial charge on any atom is -0.462 e. The van der Waals surface area contributed by atoms with Gasteiger partial charge in [0, 0.05) is 5.54 Å². The van der Waals surface area contributed by atoms with Crippen molar-refractivity contribution in [3.05, 3.63) is 23.7 Å². The first-order valence-corrected chi connectivity index (χ1v) is 6.99. The van der Waals surface area contributed by atoms with Gasteiger partial charge in [-0.2, -0.15) is 0 Å². The Morgan fingerprint density at radius 2 is 1.95 bits per heavy atom. The molecule has 0 fully saturated rings. The van der Waals surface area contributed by atoms with Crippen LogP contribution in [0.25, 0.3) is 0 Å². The third-order valence-corrected chi connectivity index (χ3v) is 3.35. The minimum atomic E-state index is 0.0398. The highest BCUT2D eigenvalue weighted by Crippen LogP contribution is 2.13. The summed E-state index contributed by atoms with van der Waals surface area (Å²) in [5.41, 5.74) is 0.0398. The molecule has 0 saturated heterocycles. The number of nitrogens with zero attached hydrogens (tertiary/aromatic N) is 1. The number of ether oxygens (including phenoxy) is 1. The van der Waals surface area contributed by atoms with Gasteiger partial charge in [-0.25, -0.2) is 0 Å². The summed E-state index contributed by atoms with van der Waals surface area (Å²) in [5.74, 6) is 1.86. The van der Waals surface area contributed by atoms with Gasteiger partial charge in [0.25, 0.3) is 0 Å². The lowest BCUT2D eigenvalue weighted by molar-refractivity contribution is 0.0206. The Balaban J connectivity index is 2.30. The summed E-state index contributed by atoms with van der Waals surface area (Å²) in [4.78, 5) is 2.16. The van der Waals surface area contributed by atoms with E-state index in [1.54, 1.807) is 0 Å². The maximum atomic E-state index is 5.73. The molecule has 4 heteroatoms. The molecule has 0 radical (unpaired) electrons. The van der Waals surface area contributed by atoms with E-state index in [0.717, 1.165) is 31.0 Å². The van der Waals surface area contributed by atoms with Crippen LogP contribution in [0, 0.1) is 0 Å². The van der Waals surface area contributed by atoms with Gasteiger partial charge in [-0.15, -0.1) is 0 Å². The average Bonchev–Trinajstić information content (AvgIpc) is 2.77. The number of hydrogen-bond donors (Lipinski definition) is 1. The van der Waals surface area contributed by atoms with Gasteiger partial charge in [-0.3, -0.25) is 0 Å². The molecule has 0 bridgehead atoms. The smallest absolute Gasteiger partial charge is 0.129 e. The first kappa shape index (κ1) is 16.2. The standard InChI is InChI=1S/C15H28N2O2/c1-6-9-16-10-13-7-8-14(19-13)11-18-12-15(2,3)17(4)5/h7-8,16H,6,9-12H2,1-5H3. The molecule has 1 aromatic rings. The van der Waals surface area contributed by atoms with Gasteiger partial charge in [0.15, 0.2) is 0 Å². The number of hydrogen-bond acceptors (Lipinski definition) is 4. The monoisotopic (exact) mass is 268 g/mol. The molecule has 110 valence electrons. The minimum absolute atomic E-state index is 0.0398. The molecule has 0 atom stereocenters. The fraction of sp³-hybridized carbons (Fsp3) is 0.733. The third-order valence-electron chi connectivity index (χ3n) is 3.35. The first-order valence-electron chi connectivity index (χ1n) is 6.99. The zero-order valence-electron chi connectivity index (χ0n) is 13.0. The molecule has 0 aromatic carbocycles. The number of furan rings is 1. The van der Waals surface area contributed by atoms with Crippen molar-refractivity contribution in [3.63, 3.8) is 0 Å². The van der Waals surface area contributed by atoms with Crippen LogP contribution in [-0.2, 0) is 17.9 Å². The Kier molecular flexibility index (Phi) is 6.55. The Labute approximate surface area is 117 Å². The molecule has 0 saturated carbocycles. The lowest BCUT2D eigenvalue weighted by Gasteiger charge is -2.31. The van der Waals surface area contributed by atoms with Gasteiger partial charge in [-0.05, 0) is 53.0 Å². The van der Waals surface area contributed by atoms with Crippen LogP contribution in [0.15, 0.2) is 16.5 Å². The highest BCUT2D eigenvalue weighted by Gasteiger charge is 2.20. The van der Waals surface area contributed by atoms with Gasteiger partial charge in [0.05, 0.1) is 13.2 Å². The van der Waals surface area contributed by atoms with Crippen LogP contribution in [0.4, 0.5) is 0 Å². The van der Waals surface area contributed by atoms with E-state index < -0.39 is 0 Å². The first-order chi connectivity index (χ1) is 8.95. The highest BCUT2D eigenvalue weighted by molar-refractivity contribution is 5.06. The summed E-state index contributed by atoms with van der Waals surface area (Å²) < 4.78 is 11.4. The zero-order chi connectivity index (χ0) is 14.3. The van der Waals surface area contributed by atoms with Gasteiger partial charge < -0.3 is 19.4 Å². The summed E-state index contributed by atoms with van der Waals surface area (Å²) in [6.45, 7) is 9.50. The van der Waals surface area contributed by atoms with Crippen molar-refractivity contribution in [2.24, 2.45) is 0 Å². The van der Waals surface area contributed by atoms with Crippen LogP contribution in [0.2, 0.25) is 0 Å². The van der Waals surface area contributed by atoms with Crippen LogP contribution in [0.5, 0.6) is 0 Å². The van der Waals surface area contributed by atoms with E-state index in [1.165, 1.54) is 0 Å². The van der Waals surface area contributed by atoms with Crippen LogP contribution < -0.4 is 5.32 Å². The molecule has 0 unspecified atom stereocenters. The fourth-order valence-corrected chi connectivity index (χ4v) is 1.51. The van der Waals surface area contributed by atoms with Crippen molar-refractivity contribution < 1.29 is 9.15 Å². The lowest BCUT2D eigenvalue weighted by atomic mass is 10.1. The molecular formula is C15H28N2O2. The van der Waals surface area contributed by atoms with Crippen LogP contribution in [0.1, 0.15) is 38.7 Å². The molecule has 1 heterocycles. The second kappa shape index (κ2) is 7.68. The van der Waals surface area contributed by atoms with Crippen molar-refractivity contribution >= 4 is 0 Å². The molecular weight excluding hydrogens is 240 g/mol. The van der Waals surface area contributed by atoms with Crippen LogP contribution in [0.3, 0.4) is 0 Å². The summed E-state index contributed by atoms with van der Waals surface area (Å²) in [6, 6.07) is 4.00. The zero-order valence-corrected chi connectivity index (χ0v) is 13.0. The molecule has 0 amide bonds. The molecule has 0 aliphatic carbocycles. The van der Waals surface area contributed by atoms with E-state index in [1.807, 2.05) is 12.1 Å². The summed E-state index contributed by atoms with van der Waals surface area (Å²) in [5, 5.41) is 3.32. The second-order valence-corrected chi connectivity index (χ2v) is 5.74. The van der Waals surface area contributed by atoms with Crippen LogP contribution >= 0.6 is 0 Å². The lowest BCUT2D eigenvalue weighted by Crippen LogP contribution is -2.42. The SMILES string of the molecule is CCCNCc1ccc(COCC(C)(C)N(C)C)o1. The normalized spacial score (nSPS) is 12.3. The van der Waals surface area contributed by atoms with Gasteiger partial charge in [0.1, 0.15) is 18.1 Å². The summed E-state index contributed by atoms with van der Waals surface area (Å²) in [7, 11) is 4.13. The van der Waals surface area contributed by atoms with Crippen molar-refractivity contribution in [3.8, 4) is 0 Å². The maximum absolute atomic E-state index is 5.73. The third kappa shape index (κ3) is 5.76. The summed E-state index contributed by atoms with van der Waals surface area (Å²) in [6.07, 6.45) is 1.14. The second-order valence-electron chi connectivity index (χ2n) is 5.74. The molecule has 0 aliphatic rings. The van der Waals surface area contributed by atoms with E-state index in [4.69, 9.17) is 9.15 Å². The molecule has 1 aromatic heterocycles. The van der Waals surface area contributed by atoms with Gasteiger partial charge in [0.2, 0.25) is 0 Å². The molecule has 0 aliphatic heterocycles. The average molecular weight is 268 g/mol. The number of rotatable bonds is 9. The van der Waals surface area contributed by atoms with Gasteiger partial charge in [-0.1, -0.05) is 6.92 Å². The largest absolute Gasteiger partial charge is 0.462 e. The molecule has 0 spiro atoms. The van der Waals surface area contributed by atoms with Gasteiger partial charge >= 0.3 is 0 Å². The Hall–Kier alpha value is -0.840. The summed E-state index contributed by atoms with van der Waals surface area (Å²) >= 11 is 0. The van der Waals surface area contributed by atoms with Crippen molar-refractivity contribution in [2.45, 2.75) is 45.9 Å². The Bertz CT molecular complexity index is 359. The van der Waals surface area contributed by atoms with E-state index in [0.29, 0.717) is 13.2 Å². The van der Waals surface area contributed by atoms with E-state index in [2.05, 4.69) is 45.1 Å². The predicted octanol–water partition coefficient (Wildman–Crippen LogP) is 2.64. The topological polar surface area (TPSA) is 37.6 Å². The molecule has 1 N–H and O–H groups in total. The van der Waals surface area contributed by atoms with Crippen molar-refractivity contribution in [2.75, 3.05) is 27.2 Å². The number of likely N-dealkylation sites (N-methyl/N-ethyl adjacent to an activating group) is 1. The Morgan fingerprint density at radius 1 is 1.26 bits per heavy atom. The number of nitrogens with one attached hydrogen (secondary N) is 1. The quantitative estimate of drug-likeness (QED) is 0.699. The molecule has 4 nitrogen and oxygen atoms in total. The molecule has 1 rings (SSSR count). The predicted molar refractivity (Wildman–Crippen MR) is 78.1 cm³/mol. The van der Waals surface area contributed by atoms with E-state index in [9.17, 15) is 0 Å². The molecule has 19 heavy (non-hydrogen) atoms. The van der Waals surface area contributed by atoms with E-state index in [-0.39, 0.29) is 5.54 Å². The maximum Gasteiger partial charge on any atom is 0.129 e. The van der Waals surface area contributed by atoms with Crippen molar-refractivity contribution in [1.82, 2.24) is 10.2 Å².